The average Bonchev–Trinajstić information content (AvgIpc) is 2.39. The van der Waals surface area contributed by atoms with Crippen molar-refractivity contribution < 1.29 is 0 Å². The lowest BCUT2D eigenvalue weighted by Crippen LogP contribution is -2.28. The van der Waals surface area contributed by atoms with Crippen molar-refractivity contribution in [3.05, 3.63) is 53.3 Å². The Morgan fingerprint density at radius 2 is 1.88 bits per heavy atom. The van der Waals surface area contributed by atoms with E-state index in [1.54, 1.807) is 0 Å². The molecule has 1 heterocycles. The summed E-state index contributed by atoms with van der Waals surface area (Å²) in [5, 5.41) is 7.62. The van der Waals surface area contributed by atoms with Gasteiger partial charge >= 0.3 is 0 Å². The van der Waals surface area contributed by atoms with E-state index in [2.05, 4.69) is 47.8 Å². The van der Waals surface area contributed by atoms with Crippen molar-refractivity contribution in [2.75, 3.05) is 18.8 Å². The molecular formula is C14H14NS. The van der Waals surface area contributed by atoms with E-state index >= 15 is 0 Å². The standard InChI is InChI=1S/C14H14NS/c1-2-6-12-11(4-1)5-3-7-13(12)14-10-15-8-9-16-14/h1-7,15H,8-10H2. The molecule has 1 saturated heterocycles. The Bertz CT molecular complexity index is 484. The third-order valence-electron chi connectivity index (χ3n) is 2.93. The van der Waals surface area contributed by atoms with E-state index in [-0.39, 0.29) is 0 Å². The van der Waals surface area contributed by atoms with Gasteiger partial charge < -0.3 is 5.32 Å². The maximum absolute atomic E-state index is 3.44. The predicted molar refractivity (Wildman–Crippen MR) is 71.6 cm³/mol. The van der Waals surface area contributed by atoms with Gasteiger partial charge in [0, 0.05) is 18.8 Å². The maximum Gasteiger partial charge on any atom is 0.0738 e. The Balaban J connectivity index is 2.08. The summed E-state index contributed by atoms with van der Waals surface area (Å²) >= 11 is 1.99. The summed E-state index contributed by atoms with van der Waals surface area (Å²) in [7, 11) is 0. The van der Waals surface area contributed by atoms with Crippen LogP contribution < -0.4 is 5.32 Å². The minimum Gasteiger partial charge on any atom is -0.314 e. The first-order valence-corrected chi connectivity index (χ1v) is 6.61. The lowest BCUT2D eigenvalue weighted by molar-refractivity contribution is 0.759. The number of hydrogen-bond donors (Lipinski definition) is 1. The largest absolute Gasteiger partial charge is 0.314 e. The summed E-state index contributed by atoms with van der Waals surface area (Å²) in [6.45, 7) is 2.14. The van der Waals surface area contributed by atoms with E-state index in [4.69, 9.17) is 0 Å². The Morgan fingerprint density at radius 3 is 2.75 bits per heavy atom. The number of hydrogen-bond acceptors (Lipinski definition) is 2. The van der Waals surface area contributed by atoms with Crippen molar-refractivity contribution in [3.8, 4) is 0 Å². The summed E-state index contributed by atoms with van der Waals surface area (Å²) < 4.78 is 0. The third kappa shape index (κ3) is 1.83. The molecule has 16 heavy (non-hydrogen) atoms. The molecular weight excluding hydrogens is 214 g/mol. The fourth-order valence-corrected chi connectivity index (χ4v) is 3.17. The highest BCUT2D eigenvalue weighted by Gasteiger charge is 2.18. The molecule has 2 heteroatoms. The molecule has 0 saturated carbocycles. The Kier molecular flexibility index (Phi) is 2.85. The van der Waals surface area contributed by atoms with Crippen molar-refractivity contribution in [3.63, 3.8) is 0 Å². The smallest absolute Gasteiger partial charge is 0.0738 e. The molecule has 81 valence electrons. The number of rotatable bonds is 1. The van der Waals surface area contributed by atoms with E-state index < -0.39 is 0 Å². The van der Waals surface area contributed by atoms with Crippen LogP contribution in [0.4, 0.5) is 0 Å². The molecule has 0 aromatic heterocycles. The van der Waals surface area contributed by atoms with Gasteiger partial charge in [-0.15, -0.1) is 11.8 Å². The third-order valence-corrected chi connectivity index (χ3v) is 4.05. The molecule has 0 unspecified atom stereocenters. The molecule has 0 spiro atoms. The van der Waals surface area contributed by atoms with Gasteiger partial charge in [-0.2, -0.15) is 0 Å². The molecule has 0 bridgehead atoms. The van der Waals surface area contributed by atoms with Crippen LogP contribution in [0.25, 0.3) is 10.8 Å². The van der Waals surface area contributed by atoms with Crippen LogP contribution in [0.15, 0.2) is 42.5 Å². The van der Waals surface area contributed by atoms with Gasteiger partial charge in [0.15, 0.2) is 0 Å². The van der Waals surface area contributed by atoms with Gasteiger partial charge in [-0.3, -0.25) is 0 Å². The molecule has 1 nitrogen and oxygen atoms in total. The number of thioether (sulfide) groups is 1. The Labute approximate surface area is 100 Å². The zero-order valence-corrected chi connectivity index (χ0v) is 9.89. The monoisotopic (exact) mass is 228 g/mol. The van der Waals surface area contributed by atoms with E-state index in [9.17, 15) is 0 Å². The van der Waals surface area contributed by atoms with Crippen molar-refractivity contribution in [2.24, 2.45) is 0 Å². The van der Waals surface area contributed by atoms with Gasteiger partial charge in [-0.1, -0.05) is 42.5 Å². The van der Waals surface area contributed by atoms with Crippen LogP contribution in [0.5, 0.6) is 0 Å². The van der Waals surface area contributed by atoms with Gasteiger partial charge in [0.1, 0.15) is 0 Å². The molecule has 1 radical (unpaired) electrons. The fourth-order valence-electron chi connectivity index (χ4n) is 2.14. The van der Waals surface area contributed by atoms with Crippen LogP contribution in [-0.4, -0.2) is 18.8 Å². The second kappa shape index (κ2) is 4.48. The van der Waals surface area contributed by atoms with E-state index in [1.165, 1.54) is 27.3 Å². The first-order chi connectivity index (χ1) is 7.95. The van der Waals surface area contributed by atoms with Gasteiger partial charge in [0.2, 0.25) is 0 Å². The summed E-state index contributed by atoms with van der Waals surface area (Å²) in [6, 6.07) is 15.2. The summed E-state index contributed by atoms with van der Waals surface area (Å²) in [4.78, 5) is 0. The number of fused-ring (bicyclic) bond motifs is 1. The quantitative estimate of drug-likeness (QED) is 0.805. The van der Waals surface area contributed by atoms with Crippen LogP contribution in [-0.2, 0) is 0 Å². The molecule has 0 atom stereocenters. The highest BCUT2D eigenvalue weighted by Crippen LogP contribution is 2.33. The van der Waals surface area contributed by atoms with Gasteiger partial charge in [0.05, 0.1) is 5.25 Å². The van der Waals surface area contributed by atoms with Crippen LogP contribution in [0.3, 0.4) is 0 Å². The van der Waals surface area contributed by atoms with Crippen LogP contribution in [0.1, 0.15) is 5.56 Å². The van der Waals surface area contributed by atoms with Crippen molar-refractivity contribution in [1.82, 2.24) is 5.32 Å². The minimum atomic E-state index is 1.01. The lowest BCUT2D eigenvalue weighted by atomic mass is 10.0. The topological polar surface area (TPSA) is 12.0 Å². The van der Waals surface area contributed by atoms with Crippen molar-refractivity contribution in [2.45, 2.75) is 0 Å². The Morgan fingerprint density at radius 1 is 1.00 bits per heavy atom. The van der Waals surface area contributed by atoms with E-state index in [0.29, 0.717) is 0 Å². The first-order valence-electron chi connectivity index (χ1n) is 5.62. The first kappa shape index (κ1) is 10.2. The molecule has 1 fully saturated rings. The molecule has 1 aliphatic heterocycles. The average molecular weight is 228 g/mol. The van der Waals surface area contributed by atoms with Crippen LogP contribution in [0.2, 0.25) is 0 Å². The molecule has 0 aliphatic carbocycles. The normalized spacial score (nSPS) is 17.8. The SMILES string of the molecule is c1ccc2c([C]3CNCCS3)cccc2c1. The Hall–Kier alpha value is -0.990. The molecule has 2 aromatic rings. The molecule has 1 N–H and O–H groups in total. The summed E-state index contributed by atoms with van der Waals surface area (Å²) in [5.41, 5.74) is 1.40. The van der Waals surface area contributed by atoms with Crippen LogP contribution in [0, 0.1) is 5.25 Å². The number of nitrogens with one attached hydrogen (secondary N) is 1. The fraction of sp³-hybridized carbons (Fsp3) is 0.214. The van der Waals surface area contributed by atoms with Gasteiger partial charge in [0.25, 0.3) is 0 Å². The van der Waals surface area contributed by atoms with Gasteiger partial charge in [-0.25, -0.2) is 0 Å². The zero-order valence-electron chi connectivity index (χ0n) is 9.07. The van der Waals surface area contributed by atoms with Crippen molar-refractivity contribution >= 4 is 22.5 Å². The van der Waals surface area contributed by atoms with Crippen molar-refractivity contribution in [1.29, 1.82) is 0 Å². The van der Waals surface area contributed by atoms with Crippen LogP contribution >= 0.6 is 11.8 Å². The minimum absolute atomic E-state index is 1.01. The molecule has 3 rings (SSSR count). The van der Waals surface area contributed by atoms with E-state index in [1.807, 2.05) is 11.8 Å². The second-order valence-corrected chi connectivity index (χ2v) is 5.16. The van der Waals surface area contributed by atoms with Gasteiger partial charge in [-0.05, 0) is 16.3 Å². The lowest BCUT2D eigenvalue weighted by Gasteiger charge is -2.23. The maximum atomic E-state index is 3.44. The molecule has 1 aliphatic rings. The highest BCUT2D eigenvalue weighted by atomic mass is 32.2. The summed E-state index contributed by atoms with van der Waals surface area (Å²) in [6.07, 6.45) is 0. The zero-order chi connectivity index (χ0) is 10.8. The summed E-state index contributed by atoms with van der Waals surface area (Å²) in [5.74, 6) is 1.18. The van der Waals surface area contributed by atoms with E-state index in [0.717, 1.165) is 13.1 Å². The highest BCUT2D eigenvalue weighted by molar-refractivity contribution is 8.02. The molecule has 2 aromatic carbocycles. The molecule has 0 amide bonds. The second-order valence-electron chi connectivity index (χ2n) is 3.98. The number of benzene rings is 2. The predicted octanol–water partition coefficient (Wildman–Crippen LogP) is 3.06.